The molecule has 0 aliphatic carbocycles. The molecule has 1 atom stereocenters. The van der Waals surface area contributed by atoms with E-state index in [4.69, 9.17) is 0 Å². The Balaban J connectivity index is 1.45. The summed E-state index contributed by atoms with van der Waals surface area (Å²) in [6, 6.07) is 15.5. The normalized spacial score (nSPS) is 11.7. The van der Waals surface area contributed by atoms with Gasteiger partial charge in [0.25, 0.3) is 0 Å². The van der Waals surface area contributed by atoms with Gasteiger partial charge in [0.05, 0.1) is 12.5 Å². The van der Waals surface area contributed by atoms with Crippen LogP contribution >= 0.6 is 0 Å². The first kappa shape index (κ1) is 23.1. The number of carbonyl (C=O) groups excluding carboxylic acids is 1. The Kier molecular flexibility index (Phi) is 7.24. The Bertz CT molecular complexity index is 1270. The van der Waals surface area contributed by atoms with Gasteiger partial charge >= 0.3 is 0 Å². The SMILES string of the molecule is CC(O)CNc1nccc(-n2ccnc2Cc2cccc(NC(=O)Cc3ccccc3F)c2)n1. The number of benzene rings is 2. The standard InChI is InChI=1S/C25H25FN6O2/c1-17(33)16-29-25-28-10-9-22(31-25)32-12-11-27-23(32)14-18-5-4-7-20(13-18)30-24(34)15-19-6-2-3-8-21(19)26/h2-13,17,33H,14-16H2,1H3,(H,30,34)(H,28,29,31). The number of aliphatic hydroxyl groups is 1. The van der Waals surface area contributed by atoms with Crippen LogP contribution in [0.4, 0.5) is 16.0 Å². The lowest BCUT2D eigenvalue weighted by atomic mass is 10.1. The zero-order valence-corrected chi connectivity index (χ0v) is 18.6. The van der Waals surface area contributed by atoms with Crippen molar-refractivity contribution >= 4 is 17.5 Å². The Morgan fingerprint density at radius 2 is 1.97 bits per heavy atom. The summed E-state index contributed by atoms with van der Waals surface area (Å²) in [6.07, 6.45) is 5.10. The maximum Gasteiger partial charge on any atom is 0.228 e. The topological polar surface area (TPSA) is 105 Å². The minimum absolute atomic E-state index is 0.0412. The van der Waals surface area contributed by atoms with Crippen LogP contribution in [0.25, 0.3) is 5.82 Å². The lowest BCUT2D eigenvalue weighted by Crippen LogP contribution is -2.17. The van der Waals surface area contributed by atoms with Crippen LogP contribution in [0.5, 0.6) is 0 Å². The van der Waals surface area contributed by atoms with Gasteiger partial charge in [0.15, 0.2) is 0 Å². The number of amides is 1. The largest absolute Gasteiger partial charge is 0.392 e. The lowest BCUT2D eigenvalue weighted by Gasteiger charge is -2.11. The Labute approximate surface area is 196 Å². The number of halogens is 1. The highest BCUT2D eigenvalue weighted by Gasteiger charge is 2.11. The molecule has 4 rings (SSSR count). The average molecular weight is 461 g/mol. The molecule has 0 spiro atoms. The molecule has 0 saturated heterocycles. The number of aliphatic hydroxyl groups excluding tert-OH is 1. The summed E-state index contributed by atoms with van der Waals surface area (Å²) in [7, 11) is 0. The maximum atomic E-state index is 13.8. The second-order valence-corrected chi connectivity index (χ2v) is 7.88. The van der Waals surface area contributed by atoms with Crippen molar-refractivity contribution in [3.8, 4) is 5.82 Å². The van der Waals surface area contributed by atoms with Crippen molar-refractivity contribution in [3.63, 3.8) is 0 Å². The number of imidazole rings is 1. The second kappa shape index (κ2) is 10.7. The molecule has 2 heterocycles. The van der Waals surface area contributed by atoms with Gasteiger partial charge in [-0.15, -0.1) is 0 Å². The minimum Gasteiger partial charge on any atom is -0.392 e. The molecule has 8 nitrogen and oxygen atoms in total. The van der Waals surface area contributed by atoms with E-state index in [-0.39, 0.29) is 12.3 Å². The minimum atomic E-state index is -0.518. The molecule has 34 heavy (non-hydrogen) atoms. The van der Waals surface area contributed by atoms with E-state index < -0.39 is 11.9 Å². The van der Waals surface area contributed by atoms with E-state index in [2.05, 4.69) is 25.6 Å². The molecule has 174 valence electrons. The number of nitrogens with one attached hydrogen (secondary N) is 2. The van der Waals surface area contributed by atoms with Gasteiger partial charge < -0.3 is 15.7 Å². The highest BCUT2D eigenvalue weighted by atomic mass is 19.1. The predicted octanol–water partition coefficient (Wildman–Crippen LogP) is 3.37. The zero-order valence-electron chi connectivity index (χ0n) is 18.6. The van der Waals surface area contributed by atoms with Crippen molar-refractivity contribution < 1.29 is 14.3 Å². The van der Waals surface area contributed by atoms with E-state index in [1.807, 2.05) is 29.0 Å². The van der Waals surface area contributed by atoms with Gasteiger partial charge in [0, 0.05) is 37.2 Å². The Morgan fingerprint density at radius 3 is 2.79 bits per heavy atom. The second-order valence-electron chi connectivity index (χ2n) is 7.88. The van der Waals surface area contributed by atoms with Gasteiger partial charge in [-0.1, -0.05) is 30.3 Å². The molecule has 2 aromatic carbocycles. The van der Waals surface area contributed by atoms with E-state index in [9.17, 15) is 14.3 Å². The first-order valence-corrected chi connectivity index (χ1v) is 10.9. The number of rotatable bonds is 9. The quantitative estimate of drug-likeness (QED) is 0.354. The Morgan fingerprint density at radius 1 is 1.12 bits per heavy atom. The highest BCUT2D eigenvalue weighted by molar-refractivity contribution is 5.92. The van der Waals surface area contributed by atoms with Crippen molar-refractivity contribution in [2.75, 3.05) is 17.2 Å². The van der Waals surface area contributed by atoms with Crippen LogP contribution in [-0.4, -0.2) is 43.2 Å². The van der Waals surface area contributed by atoms with Crippen molar-refractivity contribution in [1.82, 2.24) is 19.5 Å². The fraction of sp³-hybridized carbons (Fsp3) is 0.200. The number of anilines is 2. The number of carbonyl (C=O) groups is 1. The van der Waals surface area contributed by atoms with Gasteiger partial charge in [-0.3, -0.25) is 9.36 Å². The lowest BCUT2D eigenvalue weighted by molar-refractivity contribution is -0.115. The van der Waals surface area contributed by atoms with Crippen LogP contribution in [0.1, 0.15) is 23.9 Å². The molecule has 1 amide bonds. The number of hydrogen-bond acceptors (Lipinski definition) is 6. The maximum absolute atomic E-state index is 13.8. The first-order valence-electron chi connectivity index (χ1n) is 10.9. The van der Waals surface area contributed by atoms with Crippen LogP contribution in [0.2, 0.25) is 0 Å². The molecule has 0 saturated carbocycles. The van der Waals surface area contributed by atoms with E-state index in [1.165, 1.54) is 6.07 Å². The summed E-state index contributed by atoms with van der Waals surface area (Å²) in [5.74, 6) is 1.13. The molecule has 0 bridgehead atoms. The fourth-order valence-corrected chi connectivity index (χ4v) is 3.44. The predicted molar refractivity (Wildman–Crippen MR) is 127 cm³/mol. The molecule has 4 aromatic rings. The van der Waals surface area contributed by atoms with Gasteiger partial charge in [-0.25, -0.2) is 14.4 Å². The van der Waals surface area contributed by atoms with Gasteiger partial charge in [0.1, 0.15) is 17.5 Å². The van der Waals surface area contributed by atoms with E-state index in [0.29, 0.717) is 36.0 Å². The molecule has 0 radical (unpaired) electrons. The van der Waals surface area contributed by atoms with E-state index >= 15 is 0 Å². The summed E-state index contributed by atoms with van der Waals surface area (Å²) in [4.78, 5) is 25.5. The van der Waals surface area contributed by atoms with Gasteiger partial charge in [-0.05, 0) is 42.3 Å². The van der Waals surface area contributed by atoms with Crippen LogP contribution in [-0.2, 0) is 17.6 Å². The van der Waals surface area contributed by atoms with Crippen LogP contribution in [0.15, 0.2) is 73.2 Å². The summed E-state index contributed by atoms with van der Waals surface area (Å²) >= 11 is 0. The molecular formula is C25H25FN6O2. The third-order valence-electron chi connectivity index (χ3n) is 5.04. The Hall–Kier alpha value is -4.11. The number of nitrogens with zero attached hydrogens (tertiary/aromatic N) is 4. The molecular weight excluding hydrogens is 435 g/mol. The summed E-state index contributed by atoms with van der Waals surface area (Å²) in [5, 5.41) is 15.3. The molecule has 0 fully saturated rings. The molecule has 0 aliphatic rings. The average Bonchev–Trinajstić information content (AvgIpc) is 3.28. The number of hydrogen-bond donors (Lipinski definition) is 3. The van der Waals surface area contributed by atoms with Crippen LogP contribution in [0.3, 0.4) is 0 Å². The number of aromatic nitrogens is 4. The third-order valence-corrected chi connectivity index (χ3v) is 5.04. The van der Waals surface area contributed by atoms with Gasteiger partial charge in [-0.2, -0.15) is 4.98 Å². The highest BCUT2D eigenvalue weighted by Crippen LogP contribution is 2.17. The molecule has 2 aromatic heterocycles. The fourth-order valence-electron chi connectivity index (χ4n) is 3.44. The monoisotopic (exact) mass is 460 g/mol. The van der Waals surface area contributed by atoms with Crippen molar-refractivity contribution in [2.24, 2.45) is 0 Å². The van der Waals surface area contributed by atoms with E-state index in [1.54, 1.807) is 49.6 Å². The smallest absolute Gasteiger partial charge is 0.228 e. The van der Waals surface area contributed by atoms with Crippen molar-refractivity contribution in [3.05, 3.63) is 96.0 Å². The molecule has 1 unspecified atom stereocenters. The zero-order chi connectivity index (χ0) is 23.9. The molecule has 3 N–H and O–H groups in total. The first-order chi connectivity index (χ1) is 16.5. The van der Waals surface area contributed by atoms with Gasteiger partial charge in [0.2, 0.25) is 11.9 Å². The van der Waals surface area contributed by atoms with Crippen molar-refractivity contribution in [2.45, 2.75) is 25.9 Å². The third kappa shape index (κ3) is 6.02. The van der Waals surface area contributed by atoms with Crippen molar-refractivity contribution in [1.29, 1.82) is 0 Å². The van der Waals surface area contributed by atoms with E-state index in [0.717, 1.165) is 11.4 Å². The summed E-state index contributed by atoms with van der Waals surface area (Å²) in [6.45, 7) is 2.02. The molecule has 9 heteroatoms. The summed E-state index contributed by atoms with van der Waals surface area (Å²) in [5.41, 5.74) is 1.92. The summed E-state index contributed by atoms with van der Waals surface area (Å²) < 4.78 is 15.7. The van der Waals surface area contributed by atoms with Crippen LogP contribution < -0.4 is 10.6 Å². The molecule has 0 aliphatic heterocycles. The van der Waals surface area contributed by atoms with Crippen LogP contribution in [0, 0.1) is 5.82 Å².